The Balaban J connectivity index is 1.85. The van der Waals surface area contributed by atoms with Gasteiger partial charge in [0, 0.05) is 12.3 Å². The predicted molar refractivity (Wildman–Crippen MR) is 167 cm³/mol. The van der Waals surface area contributed by atoms with Crippen molar-refractivity contribution in [2.75, 3.05) is 25.2 Å². The van der Waals surface area contributed by atoms with Gasteiger partial charge in [0.2, 0.25) is 0 Å². The fourth-order valence-corrected chi connectivity index (χ4v) is 11.8. The van der Waals surface area contributed by atoms with Crippen LogP contribution in [0.25, 0.3) is 5.57 Å². The maximum absolute atomic E-state index is 14.1. The van der Waals surface area contributed by atoms with Crippen LogP contribution in [0.15, 0.2) is 55.3 Å². The zero-order valence-electron chi connectivity index (χ0n) is 25.7. The van der Waals surface area contributed by atoms with Crippen LogP contribution in [-0.4, -0.2) is 51.5 Å². The molecule has 41 heavy (non-hydrogen) atoms. The zero-order chi connectivity index (χ0) is 30.1. The van der Waals surface area contributed by atoms with Crippen LogP contribution in [0, 0.1) is 6.92 Å². The highest BCUT2D eigenvalue weighted by atomic mass is 28.4. The molecule has 0 saturated heterocycles. The Kier molecular flexibility index (Phi) is 9.02. The van der Waals surface area contributed by atoms with Gasteiger partial charge in [-0.05, 0) is 47.2 Å². The number of nitrogens with zero attached hydrogens (tertiary/aromatic N) is 2. The molecular weight excluding hydrogens is 532 g/mol. The second kappa shape index (κ2) is 12.1. The predicted octanol–water partition coefficient (Wildman–Crippen LogP) is 7.96. The summed E-state index contributed by atoms with van der Waals surface area (Å²) in [4.78, 5) is 30.9. The topological polar surface area (TPSA) is 68.3 Å². The van der Waals surface area contributed by atoms with Crippen molar-refractivity contribution in [3.8, 4) is 11.5 Å². The number of anilines is 1. The standard InChI is InChI=1S/C33H44N2O5Si/c1-10-15-39-33(37)35-20-27-16-26(25-13-11-24(8)12-14-25)19-34(27)32(36)28-17-30(38-9)31(18-29(28)35)40-41(21(2)3,22(4)5)23(6)7/h10-14,17-19,21-23,27H,1,15-16,20H2,2-9H3/t27-/m0/s1. The number of hydrogen-bond acceptors (Lipinski definition) is 5. The molecule has 4 rings (SSSR count). The summed E-state index contributed by atoms with van der Waals surface area (Å²) in [6.07, 6.45) is 3.56. The van der Waals surface area contributed by atoms with E-state index in [0.29, 0.717) is 45.8 Å². The minimum Gasteiger partial charge on any atom is -0.540 e. The summed E-state index contributed by atoms with van der Waals surface area (Å²) >= 11 is 0. The summed E-state index contributed by atoms with van der Waals surface area (Å²) in [7, 11) is -0.781. The van der Waals surface area contributed by atoms with Crippen LogP contribution in [0.1, 0.15) is 69.4 Å². The summed E-state index contributed by atoms with van der Waals surface area (Å²) in [6.45, 7) is 19.4. The number of amides is 2. The lowest BCUT2D eigenvalue weighted by Gasteiger charge is -2.42. The van der Waals surface area contributed by atoms with Crippen molar-refractivity contribution in [2.24, 2.45) is 0 Å². The van der Waals surface area contributed by atoms with E-state index in [0.717, 1.165) is 11.1 Å². The number of hydrogen-bond donors (Lipinski definition) is 0. The lowest BCUT2D eigenvalue weighted by molar-refractivity contribution is 0.0794. The van der Waals surface area contributed by atoms with Crippen molar-refractivity contribution in [1.29, 1.82) is 0 Å². The number of methoxy groups -OCH3 is 1. The van der Waals surface area contributed by atoms with Crippen LogP contribution in [0.4, 0.5) is 10.5 Å². The first-order valence-electron chi connectivity index (χ1n) is 14.5. The molecule has 1 atom stereocenters. The van der Waals surface area contributed by atoms with Crippen molar-refractivity contribution in [3.05, 3.63) is 71.9 Å². The molecule has 220 valence electrons. The molecule has 0 N–H and O–H groups in total. The average molecular weight is 577 g/mol. The monoisotopic (exact) mass is 576 g/mol. The molecule has 2 heterocycles. The van der Waals surface area contributed by atoms with Crippen molar-refractivity contribution < 1.29 is 23.5 Å². The number of benzene rings is 2. The Hall–Kier alpha value is -3.52. The lowest BCUT2D eigenvalue weighted by atomic mass is 10.0. The first-order valence-corrected chi connectivity index (χ1v) is 16.6. The number of ether oxygens (including phenoxy) is 2. The smallest absolute Gasteiger partial charge is 0.414 e. The molecule has 0 spiro atoms. The Morgan fingerprint density at radius 1 is 1.05 bits per heavy atom. The van der Waals surface area contributed by atoms with Crippen molar-refractivity contribution in [2.45, 2.75) is 77.6 Å². The highest BCUT2D eigenvalue weighted by molar-refractivity contribution is 6.78. The molecule has 2 aromatic rings. The van der Waals surface area contributed by atoms with Gasteiger partial charge in [-0.25, -0.2) is 4.79 Å². The van der Waals surface area contributed by atoms with Crippen molar-refractivity contribution >= 4 is 31.6 Å². The third-order valence-electron chi connectivity index (χ3n) is 8.54. The minimum atomic E-state index is -2.37. The summed E-state index contributed by atoms with van der Waals surface area (Å²) in [5.74, 6) is 0.855. The molecule has 0 fully saturated rings. The molecule has 2 aromatic carbocycles. The molecular formula is C33H44N2O5Si. The number of carbonyl (C=O) groups excluding carboxylic acids is 2. The number of aryl methyl sites for hydroxylation is 1. The van der Waals surface area contributed by atoms with E-state index >= 15 is 0 Å². The molecule has 0 saturated carbocycles. The highest BCUT2D eigenvalue weighted by Crippen LogP contribution is 2.47. The third-order valence-corrected chi connectivity index (χ3v) is 14.5. The first kappa shape index (κ1) is 30.4. The number of carbonyl (C=O) groups is 2. The van der Waals surface area contributed by atoms with Gasteiger partial charge in [-0.2, -0.15) is 0 Å². The van der Waals surface area contributed by atoms with Gasteiger partial charge in [0.25, 0.3) is 14.2 Å². The fourth-order valence-electron chi connectivity index (χ4n) is 6.57. The molecule has 8 heteroatoms. The van der Waals surface area contributed by atoms with Crippen LogP contribution in [0.3, 0.4) is 0 Å². The SMILES string of the molecule is C=CCOC(=O)N1C[C@@H]2CC(c3ccc(C)cc3)=CN2C(=O)c2cc(OC)c(O[Si](C(C)C)(C(C)C)C(C)C)cc21. The van der Waals surface area contributed by atoms with Crippen LogP contribution in [-0.2, 0) is 4.74 Å². The first-order chi connectivity index (χ1) is 19.4. The minimum absolute atomic E-state index is 0.0729. The van der Waals surface area contributed by atoms with Crippen LogP contribution < -0.4 is 14.1 Å². The molecule has 0 radical (unpaired) electrons. The molecule has 2 aliphatic rings. The maximum Gasteiger partial charge on any atom is 0.414 e. The summed E-state index contributed by atoms with van der Waals surface area (Å²) in [5, 5.41) is 0. The van der Waals surface area contributed by atoms with Gasteiger partial charge in [0.1, 0.15) is 12.4 Å². The van der Waals surface area contributed by atoms with Crippen molar-refractivity contribution in [3.63, 3.8) is 0 Å². The van der Waals surface area contributed by atoms with E-state index in [1.807, 2.05) is 12.3 Å². The molecule has 2 aliphatic heterocycles. The summed E-state index contributed by atoms with van der Waals surface area (Å²) < 4.78 is 18.4. The molecule has 0 aliphatic carbocycles. The molecule has 2 amide bonds. The van der Waals surface area contributed by atoms with Gasteiger partial charge in [-0.3, -0.25) is 9.69 Å². The van der Waals surface area contributed by atoms with Gasteiger partial charge in [0.15, 0.2) is 5.75 Å². The molecule has 0 unspecified atom stereocenters. The maximum atomic E-state index is 14.1. The Morgan fingerprint density at radius 2 is 1.68 bits per heavy atom. The van der Waals surface area contributed by atoms with E-state index in [9.17, 15) is 9.59 Å². The second-order valence-corrected chi connectivity index (χ2v) is 17.4. The Morgan fingerprint density at radius 3 is 2.24 bits per heavy atom. The number of fused-ring (bicyclic) bond motifs is 2. The fraction of sp³-hybridized carbons (Fsp3) is 0.455. The molecule has 7 nitrogen and oxygen atoms in total. The van der Waals surface area contributed by atoms with E-state index in [1.54, 1.807) is 23.0 Å². The average Bonchev–Trinajstić information content (AvgIpc) is 3.32. The Bertz CT molecular complexity index is 1310. The van der Waals surface area contributed by atoms with E-state index in [1.165, 1.54) is 11.6 Å². The zero-order valence-corrected chi connectivity index (χ0v) is 26.7. The largest absolute Gasteiger partial charge is 0.540 e. The Labute approximate surface area is 245 Å². The summed E-state index contributed by atoms with van der Waals surface area (Å²) in [5.41, 5.74) is 5.13. The normalized spacial score (nSPS) is 16.9. The van der Waals surface area contributed by atoms with Gasteiger partial charge in [0.05, 0.1) is 30.9 Å². The van der Waals surface area contributed by atoms with Gasteiger partial charge < -0.3 is 18.8 Å². The highest BCUT2D eigenvalue weighted by Gasteiger charge is 2.48. The second-order valence-electron chi connectivity index (χ2n) is 12.0. The van der Waals surface area contributed by atoms with Crippen LogP contribution >= 0.6 is 0 Å². The quantitative estimate of drug-likeness (QED) is 0.224. The van der Waals surface area contributed by atoms with Gasteiger partial charge in [-0.1, -0.05) is 84.0 Å². The van der Waals surface area contributed by atoms with Crippen LogP contribution in [0.5, 0.6) is 11.5 Å². The van der Waals surface area contributed by atoms with Crippen LogP contribution in [0.2, 0.25) is 16.6 Å². The molecule has 0 aromatic heterocycles. The summed E-state index contributed by atoms with van der Waals surface area (Å²) in [6, 6.07) is 11.6. The number of rotatable bonds is 9. The lowest BCUT2D eigenvalue weighted by Crippen LogP contribution is -2.50. The third kappa shape index (κ3) is 5.67. The van der Waals surface area contributed by atoms with E-state index in [-0.39, 0.29) is 25.1 Å². The van der Waals surface area contributed by atoms with Gasteiger partial charge >= 0.3 is 6.09 Å². The molecule has 0 bridgehead atoms. The van der Waals surface area contributed by atoms with E-state index < -0.39 is 14.4 Å². The van der Waals surface area contributed by atoms with Crippen molar-refractivity contribution in [1.82, 2.24) is 4.90 Å². The van der Waals surface area contributed by atoms with E-state index in [4.69, 9.17) is 13.9 Å². The van der Waals surface area contributed by atoms with Gasteiger partial charge in [-0.15, -0.1) is 0 Å². The van der Waals surface area contributed by atoms with E-state index in [2.05, 4.69) is 79.3 Å².